The minimum atomic E-state index is 0.326. The van der Waals surface area contributed by atoms with Gasteiger partial charge in [-0.05, 0) is 49.9 Å². The van der Waals surface area contributed by atoms with Gasteiger partial charge in [0.2, 0.25) is 5.91 Å². The third-order valence-electron chi connectivity index (χ3n) is 3.90. The summed E-state index contributed by atoms with van der Waals surface area (Å²) < 4.78 is 0. The van der Waals surface area contributed by atoms with Crippen molar-refractivity contribution in [3.05, 3.63) is 0 Å². The lowest BCUT2D eigenvalue weighted by atomic mass is 10.0. The normalized spacial score (nSPS) is 29.8. The fourth-order valence-corrected chi connectivity index (χ4v) is 2.34. The summed E-state index contributed by atoms with van der Waals surface area (Å²) in [5.74, 6) is 1.67. The van der Waals surface area contributed by atoms with Crippen molar-refractivity contribution in [3.63, 3.8) is 0 Å². The molecule has 3 fully saturated rings. The highest BCUT2D eigenvalue weighted by Gasteiger charge is 2.53. The van der Waals surface area contributed by atoms with E-state index in [0.717, 1.165) is 25.3 Å². The summed E-state index contributed by atoms with van der Waals surface area (Å²) in [5, 5.41) is 3.13. The van der Waals surface area contributed by atoms with Crippen LogP contribution in [-0.2, 0) is 4.79 Å². The van der Waals surface area contributed by atoms with Crippen molar-refractivity contribution in [2.24, 2.45) is 17.3 Å². The van der Waals surface area contributed by atoms with Gasteiger partial charge in [-0.1, -0.05) is 0 Å². The average Bonchev–Trinajstić information content (AvgIpc) is 3.04. The molecule has 3 saturated carbocycles. The van der Waals surface area contributed by atoms with Crippen molar-refractivity contribution < 1.29 is 4.79 Å². The number of amides is 1. The number of nitrogens with one attached hydrogen (secondary N) is 1. The topological polar surface area (TPSA) is 29.1 Å². The Balaban J connectivity index is 1.49. The van der Waals surface area contributed by atoms with Gasteiger partial charge in [0.05, 0.1) is 0 Å². The van der Waals surface area contributed by atoms with Crippen LogP contribution in [0.4, 0.5) is 0 Å². The quantitative estimate of drug-likeness (QED) is 0.699. The molecule has 0 bridgehead atoms. The Bertz CT molecular complexity index is 236. The molecule has 72 valence electrons. The first-order valence-corrected chi connectivity index (χ1v) is 5.58. The van der Waals surface area contributed by atoms with Gasteiger partial charge in [0.25, 0.3) is 0 Å². The zero-order valence-electron chi connectivity index (χ0n) is 8.01. The first-order valence-electron chi connectivity index (χ1n) is 5.58. The lowest BCUT2D eigenvalue weighted by Crippen LogP contribution is -2.32. The SMILES string of the molecule is O=C(NCC1(C2CC2)CC1)C1CC1. The zero-order chi connectivity index (χ0) is 8.89. The summed E-state index contributed by atoms with van der Waals surface area (Å²) in [7, 11) is 0. The van der Waals surface area contributed by atoms with Crippen LogP contribution in [0.2, 0.25) is 0 Å². The van der Waals surface area contributed by atoms with Crippen LogP contribution in [0.1, 0.15) is 38.5 Å². The fraction of sp³-hybridized carbons (Fsp3) is 0.909. The Morgan fingerprint density at radius 1 is 1.23 bits per heavy atom. The maximum Gasteiger partial charge on any atom is 0.223 e. The molecule has 3 aliphatic rings. The van der Waals surface area contributed by atoms with Gasteiger partial charge in [0.1, 0.15) is 0 Å². The molecule has 0 aromatic heterocycles. The van der Waals surface area contributed by atoms with E-state index in [9.17, 15) is 4.79 Å². The maximum atomic E-state index is 11.4. The molecule has 0 aromatic rings. The molecule has 1 N–H and O–H groups in total. The first-order chi connectivity index (χ1) is 6.30. The smallest absolute Gasteiger partial charge is 0.223 e. The Hall–Kier alpha value is -0.530. The predicted molar refractivity (Wildman–Crippen MR) is 50.1 cm³/mol. The van der Waals surface area contributed by atoms with E-state index in [1.807, 2.05) is 0 Å². The van der Waals surface area contributed by atoms with Gasteiger partial charge in [-0.15, -0.1) is 0 Å². The molecule has 0 heterocycles. The minimum Gasteiger partial charge on any atom is -0.355 e. The molecule has 2 nitrogen and oxygen atoms in total. The van der Waals surface area contributed by atoms with Gasteiger partial charge in [-0.2, -0.15) is 0 Å². The minimum absolute atomic E-state index is 0.326. The van der Waals surface area contributed by atoms with Crippen LogP contribution in [0.15, 0.2) is 0 Å². The van der Waals surface area contributed by atoms with Crippen molar-refractivity contribution in [2.75, 3.05) is 6.54 Å². The third kappa shape index (κ3) is 1.47. The van der Waals surface area contributed by atoms with Crippen LogP contribution in [0.3, 0.4) is 0 Å². The second-order valence-corrected chi connectivity index (χ2v) is 5.13. The molecule has 3 aliphatic carbocycles. The zero-order valence-corrected chi connectivity index (χ0v) is 8.01. The summed E-state index contributed by atoms with van der Waals surface area (Å²) >= 11 is 0. The number of hydrogen-bond donors (Lipinski definition) is 1. The molecule has 0 atom stereocenters. The van der Waals surface area contributed by atoms with E-state index in [-0.39, 0.29) is 0 Å². The van der Waals surface area contributed by atoms with Crippen molar-refractivity contribution in [1.29, 1.82) is 0 Å². The molecule has 13 heavy (non-hydrogen) atoms. The number of carbonyl (C=O) groups excluding carboxylic acids is 1. The van der Waals surface area contributed by atoms with Crippen molar-refractivity contribution in [1.82, 2.24) is 5.32 Å². The molecule has 0 saturated heterocycles. The van der Waals surface area contributed by atoms with Gasteiger partial charge >= 0.3 is 0 Å². The van der Waals surface area contributed by atoms with Crippen LogP contribution in [0.5, 0.6) is 0 Å². The summed E-state index contributed by atoms with van der Waals surface area (Å²) in [4.78, 5) is 11.4. The van der Waals surface area contributed by atoms with Crippen LogP contribution >= 0.6 is 0 Å². The molecular weight excluding hydrogens is 162 g/mol. The highest BCUT2D eigenvalue weighted by atomic mass is 16.2. The highest BCUT2D eigenvalue weighted by molar-refractivity contribution is 5.80. The summed E-state index contributed by atoms with van der Waals surface area (Å²) in [6, 6.07) is 0. The van der Waals surface area contributed by atoms with E-state index in [1.54, 1.807) is 0 Å². The molecule has 3 rings (SSSR count). The van der Waals surface area contributed by atoms with Gasteiger partial charge < -0.3 is 5.32 Å². The van der Waals surface area contributed by atoms with Crippen LogP contribution in [-0.4, -0.2) is 12.5 Å². The van der Waals surface area contributed by atoms with E-state index >= 15 is 0 Å². The van der Waals surface area contributed by atoms with Gasteiger partial charge in [0, 0.05) is 12.5 Å². The Morgan fingerprint density at radius 2 is 1.92 bits per heavy atom. The lowest BCUT2D eigenvalue weighted by Gasteiger charge is -2.14. The Labute approximate surface area is 79.1 Å². The molecular formula is C11H17NO. The van der Waals surface area contributed by atoms with Gasteiger partial charge in [0.15, 0.2) is 0 Å². The molecule has 0 unspecified atom stereocenters. The number of rotatable bonds is 4. The average molecular weight is 179 g/mol. The fourth-order valence-electron chi connectivity index (χ4n) is 2.34. The summed E-state index contributed by atoms with van der Waals surface area (Å²) in [6.45, 7) is 0.979. The Morgan fingerprint density at radius 3 is 2.38 bits per heavy atom. The number of carbonyl (C=O) groups is 1. The van der Waals surface area contributed by atoms with Crippen LogP contribution < -0.4 is 5.32 Å². The second-order valence-electron chi connectivity index (χ2n) is 5.13. The molecule has 0 radical (unpaired) electrons. The third-order valence-corrected chi connectivity index (χ3v) is 3.90. The maximum absolute atomic E-state index is 11.4. The van der Waals surface area contributed by atoms with E-state index in [2.05, 4.69) is 5.32 Å². The van der Waals surface area contributed by atoms with Crippen LogP contribution in [0.25, 0.3) is 0 Å². The van der Waals surface area contributed by atoms with Gasteiger partial charge in [-0.25, -0.2) is 0 Å². The predicted octanol–water partition coefficient (Wildman–Crippen LogP) is 1.70. The monoisotopic (exact) mass is 179 g/mol. The van der Waals surface area contributed by atoms with E-state index in [4.69, 9.17) is 0 Å². The van der Waals surface area contributed by atoms with E-state index in [0.29, 0.717) is 17.2 Å². The van der Waals surface area contributed by atoms with Crippen molar-refractivity contribution in [3.8, 4) is 0 Å². The second kappa shape index (κ2) is 2.49. The summed E-state index contributed by atoms with van der Waals surface area (Å²) in [5.41, 5.74) is 0.574. The van der Waals surface area contributed by atoms with Crippen molar-refractivity contribution in [2.45, 2.75) is 38.5 Å². The first kappa shape index (κ1) is 7.84. The Kier molecular flexibility index (Phi) is 1.50. The largest absolute Gasteiger partial charge is 0.355 e. The molecule has 1 amide bonds. The molecule has 0 aliphatic heterocycles. The lowest BCUT2D eigenvalue weighted by molar-refractivity contribution is -0.122. The van der Waals surface area contributed by atoms with Crippen molar-refractivity contribution >= 4 is 5.91 Å². The standard InChI is InChI=1S/C11H17NO/c13-10(8-1-2-8)12-7-11(5-6-11)9-3-4-9/h8-9H,1-7H2,(H,12,13). The van der Waals surface area contributed by atoms with E-state index < -0.39 is 0 Å². The molecule has 2 heteroatoms. The van der Waals surface area contributed by atoms with E-state index in [1.165, 1.54) is 25.7 Å². The molecule has 0 spiro atoms. The number of hydrogen-bond acceptors (Lipinski definition) is 1. The highest BCUT2D eigenvalue weighted by Crippen LogP contribution is 2.60. The van der Waals surface area contributed by atoms with Gasteiger partial charge in [-0.3, -0.25) is 4.79 Å². The summed E-state index contributed by atoms with van der Waals surface area (Å²) in [6.07, 6.45) is 7.81. The van der Waals surface area contributed by atoms with Crippen LogP contribution in [0, 0.1) is 17.3 Å². The molecule has 0 aromatic carbocycles.